The third-order valence-electron chi connectivity index (χ3n) is 1.89. The largest absolute Gasteiger partial charge is 0.463 e. The molecular formula is C11H20O6. The lowest BCUT2D eigenvalue weighted by Crippen LogP contribution is -2.13. The first-order valence-corrected chi connectivity index (χ1v) is 5.55. The minimum absolute atomic E-state index is 0.00685. The van der Waals surface area contributed by atoms with Gasteiger partial charge in [0.1, 0.15) is 13.2 Å². The predicted molar refractivity (Wildman–Crippen MR) is 59.6 cm³/mol. The number of ketones is 1. The third-order valence-corrected chi connectivity index (χ3v) is 1.89. The van der Waals surface area contributed by atoms with E-state index in [-0.39, 0.29) is 32.0 Å². The number of esters is 1. The highest BCUT2D eigenvalue weighted by molar-refractivity contribution is 5.80. The van der Waals surface area contributed by atoms with Crippen LogP contribution in [-0.2, 0) is 23.8 Å². The molecule has 0 aliphatic rings. The maximum atomic E-state index is 11.2. The van der Waals surface area contributed by atoms with Crippen molar-refractivity contribution in [2.75, 3.05) is 40.1 Å². The molecule has 0 amide bonds. The Kier molecular flexibility index (Phi) is 10.8. The molecule has 0 heterocycles. The fourth-order valence-electron chi connectivity index (χ4n) is 1.06. The lowest BCUT2D eigenvalue weighted by Gasteiger charge is -2.03. The highest BCUT2D eigenvalue weighted by Crippen LogP contribution is 1.99. The van der Waals surface area contributed by atoms with Gasteiger partial charge in [0.2, 0.25) is 0 Å². The van der Waals surface area contributed by atoms with Crippen molar-refractivity contribution in [3.63, 3.8) is 0 Å². The van der Waals surface area contributed by atoms with E-state index < -0.39 is 5.97 Å². The van der Waals surface area contributed by atoms with Gasteiger partial charge in [-0.2, -0.15) is 0 Å². The number of carbonyl (C=O) groups excluding carboxylic acids is 2. The molecule has 0 saturated heterocycles. The predicted octanol–water partition coefficient (Wildman–Crippen LogP) is -0.0757. The average Bonchev–Trinajstić information content (AvgIpc) is 2.32. The van der Waals surface area contributed by atoms with Crippen molar-refractivity contribution in [1.29, 1.82) is 0 Å². The highest BCUT2D eigenvalue weighted by atomic mass is 16.5. The number of hydrogen-bond donors (Lipinski definition) is 1. The molecule has 0 rings (SSSR count). The summed E-state index contributed by atoms with van der Waals surface area (Å²) in [6, 6.07) is 0. The maximum Gasteiger partial charge on any atom is 0.305 e. The molecule has 100 valence electrons. The smallest absolute Gasteiger partial charge is 0.305 e. The SMILES string of the molecule is COCCOCC(=O)CCCC(=O)OCCO. The van der Waals surface area contributed by atoms with E-state index in [1.54, 1.807) is 7.11 Å². The molecule has 0 radical (unpaired) electrons. The standard InChI is InChI=1S/C11H20O6/c1-15-7-8-16-9-10(13)3-2-4-11(14)17-6-5-12/h12H,2-9H2,1H3. The van der Waals surface area contributed by atoms with Crippen molar-refractivity contribution < 1.29 is 28.9 Å². The number of methoxy groups -OCH3 is 1. The van der Waals surface area contributed by atoms with Crippen molar-refractivity contribution in [3.8, 4) is 0 Å². The Balaban J connectivity index is 3.35. The number of Topliss-reactive ketones (excluding diaryl/α,β-unsaturated/α-hetero) is 1. The zero-order chi connectivity index (χ0) is 12.9. The van der Waals surface area contributed by atoms with Gasteiger partial charge in [-0.1, -0.05) is 0 Å². The summed E-state index contributed by atoms with van der Waals surface area (Å²) >= 11 is 0. The lowest BCUT2D eigenvalue weighted by atomic mass is 10.2. The summed E-state index contributed by atoms with van der Waals surface area (Å²) in [7, 11) is 1.56. The van der Waals surface area contributed by atoms with Crippen molar-refractivity contribution in [2.24, 2.45) is 0 Å². The van der Waals surface area contributed by atoms with Gasteiger partial charge in [0.25, 0.3) is 0 Å². The fourth-order valence-corrected chi connectivity index (χ4v) is 1.06. The topological polar surface area (TPSA) is 82.1 Å². The van der Waals surface area contributed by atoms with Crippen LogP contribution in [0, 0.1) is 0 Å². The minimum atomic E-state index is -0.396. The molecule has 0 saturated carbocycles. The Morgan fingerprint density at radius 1 is 1.12 bits per heavy atom. The van der Waals surface area contributed by atoms with E-state index in [1.165, 1.54) is 0 Å². The van der Waals surface area contributed by atoms with Crippen molar-refractivity contribution >= 4 is 11.8 Å². The summed E-state index contributed by atoms with van der Waals surface area (Å²) in [4.78, 5) is 22.2. The molecule has 1 N–H and O–H groups in total. The number of rotatable bonds is 11. The Labute approximate surface area is 101 Å². The van der Waals surface area contributed by atoms with Crippen LogP contribution in [0.1, 0.15) is 19.3 Å². The maximum absolute atomic E-state index is 11.2. The summed E-state index contributed by atoms with van der Waals surface area (Å²) in [5, 5.41) is 8.41. The van der Waals surface area contributed by atoms with E-state index in [9.17, 15) is 9.59 Å². The first kappa shape index (κ1) is 16.0. The molecule has 0 atom stereocenters. The molecule has 0 bridgehead atoms. The van der Waals surface area contributed by atoms with Crippen LogP contribution in [-0.4, -0.2) is 57.0 Å². The molecule has 0 unspecified atom stereocenters. The minimum Gasteiger partial charge on any atom is -0.463 e. The Hall–Kier alpha value is -0.980. The molecule has 6 nitrogen and oxygen atoms in total. The first-order valence-electron chi connectivity index (χ1n) is 5.55. The summed E-state index contributed by atoms with van der Waals surface area (Å²) in [5.41, 5.74) is 0. The van der Waals surface area contributed by atoms with Gasteiger partial charge in [-0.25, -0.2) is 0 Å². The average molecular weight is 248 g/mol. The zero-order valence-electron chi connectivity index (χ0n) is 10.1. The second kappa shape index (κ2) is 11.5. The van der Waals surface area contributed by atoms with Gasteiger partial charge >= 0.3 is 5.97 Å². The first-order chi connectivity index (χ1) is 8.20. The second-order valence-electron chi connectivity index (χ2n) is 3.38. The van der Waals surface area contributed by atoms with Crippen molar-refractivity contribution in [1.82, 2.24) is 0 Å². The van der Waals surface area contributed by atoms with Gasteiger partial charge in [-0.3, -0.25) is 9.59 Å². The number of aliphatic hydroxyl groups excluding tert-OH is 1. The molecule has 0 aliphatic heterocycles. The third kappa shape index (κ3) is 11.3. The van der Waals surface area contributed by atoms with E-state index >= 15 is 0 Å². The molecule has 0 fully saturated rings. The molecule has 0 aromatic heterocycles. The van der Waals surface area contributed by atoms with Crippen LogP contribution in [0.4, 0.5) is 0 Å². The van der Waals surface area contributed by atoms with Crippen LogP contribution >= 0.6 is 0 Å². The second-order valence-corrected chi connectivity index (χ2v) is 3.38. The van der Waals surface area contributed by atoms with Gasteiger partial charge in [0, 0.05) is 20.0 Å². The molecule has 17 heavy (non-hydrogen) atoms. The van der Waals surface area contributed by atoms with Crippen LogP contribution in [0.3, 0.4) is 0 Å². The Bertz CT molecular complexity index is 216. The van der Waals surface area contributed by atoms with Crippen LogP contribution in [0.25, 0.3) is 0 Å². The normalized spacial score (nSPS) is 10.2. The van der Waals surface area contributed by atoms with E-state index in [0.717, 1.165) is 0 Å². The molecule has 0 spiro atoms. The van der Waals surface area contributed by atoms with Crippen LogP contribution in [0.15, 0.2) is 0 Å². The molecular weight excluding hydrogens is 228 g/mol. The summed E-state index contributed by atoms with van der Waals surface area (Å²) in [5.74, 6) is -0.441. The summed E-state index contributed by atoms with van der Waals surface area (Å²) in [6.45, 7) is 0.724. The van der Waals surface area contributed by atoms with Gasteiger partial charge in [0.05, 0.1) is 19.8 Å². The fraction of sp³-hybridized carbons (Fsp3) is 0.818. The number of ether oxygens (including phenoxy) is 3. The van der Waals surface area contributed by atoms with Crippen molar-refractivity contribution in [3.05, 3.63) is 0 Å². The van der Waals surface area contributed by atoms with Crippen LogP contribution in [0.5, 0.6) is 0 Å². The lowest BCUT2D eigenvalue weighted by molar-refractivity contribution is -0.144. The number of carbonyl (C=O) groups is 2. The van der Waals surface area contributed by atoms with Gasteiger partial charge < -0.3 is 19.3 Å². The molecule has 0 aromatic rings. The van der Waals surface area contributed by atoms with E-state index in [0.29, 0.717) is 26.1 Å². The zero-order valence-corrected chi connectivity index (χ0v) is 10.1. The summed E-state index contributed by atoms with van der Waals surface area (Å²) in [6.07, 6.45) is 0.918. The number of hydrogen-bond acceptors (Lipinski definition) is 6. The Morgan fingerprint density at radius 2 is 1.88 bits per heavy atom. The molecule has 6 heteroatoms. The quantitative estimate of drug-likeness (QED) is 0.407. The van der Waals surface area contributed by atoms with Gasteiger partial charge in [0.15, 0.2) is 5.78 Å². The summed E-state index contributed by atoms with van der Waals surface area (Å²) < 4.78 is 14.4. The van der Waals surface area contributed by atoms with Gasteiger partial charge in [-0.05, 0) is 6.42 Å². The van der Waals surface area contributed by atoms with Crippen molar-refractivity contribution in [2.45, 2.75) is 19.3 Å². The number of aliphatic hydroxyl groups is 1. The molecule has 0 aliphatic carbocycles. The van der Waals surface area contributed by atoms with E-state index in [1.807, 2.05) is 0 Å². The van der Waals surface area contributed by atoms with Gasteiger partial charge in [-0.15, -0.1) is 0 Å². The monoisotopic (exact) mass is 248 g/mol. The van der Waals surface area contributed by atoms with Crippen LogP contribution in [0.2, 0.25) is 0 Å². The highest BCUT2D eigenvalue weighted by Gasteiger charge is 2.06. The van der Waals surface area contributed by atoms with Crippen LogP contribution < -0.4 is 0 Å². The van der Waals surface area contributed by atoms with E-state index in [2.05, 4.69) is 4.74 Å². The molecule has 0 aromatic carbocycles. The Morgan fingerprint density at radius 3 is 2.53 bits per heavy atom. The van der Waals surface area contributed by atoms with E-state index in [4.69, 9.17) is 14.6 Å².